The highest BCUT2D eigenvalue weighted by atomic mass is 32.1. The van der Waals surface area contributed by atoms with Gasteiger partial charge in [0.2, 0.25) is 0 Å². The summed E-state index contributed by atoms with van der Waals surface area (Å²) >= 11 is 1.58. The van der Waals surface area contributed by atoms with Crippen molar-refractivity contribution in [1.29, 1.82) is 0 Å². The Labute approximate surface area is 167 Å². The lowest BCUT2D eigenvalue weighted by Gasteiger charge is -2.49. The Balaban J connectivity index is 2.76. The molecule has 1 atom stereocenters. The van der Waals surface area contributed by atoms with Crippen LogP contribution in [0.3, 0.4) is 0 Å². The van der Waals surface area contributed by atoms with Crippen molar-refractivity contribution in [2.45, 2.75) is 38.5 Å². The fraction of sp³-hybridized carbons (Fsp3) is 0.381. The van der Waals surface area contributed by atoms with Crippen molar-refractivity contribution in [3.8, 4) is 5.75 Å². The van der Waals surface area contributed by atoms with E-state index in [9.17, 15) is 4.79 Å². The highest BCUT2D eigenvalue weighted by molar-refractivity contribution is 7.10. The molecule has 0 aliphatic heterocycles. The molecule has 1 heterocycles. The molecule has 0 saturated heterocycles. The lowest BCUT2D eigenvalue weighted by Crippen LogP contribution is -2.62. The average molecular weight is 404 g/mol. The Morgan fingerprint density at radius 1 is 1.26 bits per heavy atom. The molecular weight excluding hydrogens is 374 g/mol. The zero-order valence-corrected chi connectivity index (χ0v) is 18.6. The Kier molecular flexibility index (Phi) is 6.89. The van der Waals surface area contributed by atoms with Crippen molar-refractivity contribution in [2.75, 3.05) is 18.3 Å². The van der Waals surface area contributed by atoms with Crippen LogP contribution >= 0.6 is 11.3 Å². The van der Waals surface area contributed by atoms with E-state index in [0.29, 0.717) is 13.0 Å². The maximum atomic E-state index is 13.4. The number of carbonyl (C=O) groups excluding carboxylic acids is 1. The van der Waals surface area contributed by atoms with Gasteiger partial charge >= 0.3 is 5.97 Å². The highest BCUT2D eigenvalue weighted by Crippen LogP contribution is 2.43. The summed E-state index contributed by atoms with van der Waals surface area (Å²) in [4.78, 5) is 14.4. The zero-order valence-electron chi connectivity index (χ0n) is 16.8. The second-order valence-corrected chi connectivity index (χ2v) is 13.0. The zero-order chi connectivity index (χ0) is 20.1. The summed E-state index contributed by atoms with van der Waals surface area (Å²) < 4.78 is 13.2. The molecule has 0 aliphatic rings. The molecule has 4 nitrogen and oxygen atoms in total. The van der Waals surface area contributed by atoms with E-state index < -0.39 is 13.8 Å². The summed E-state index contributed by atoms with van der Waals surface area (Å²) in [5.41, 5.74) is 0.0589. The molecule has 6 heteroatoms. The number of esters is 1. The van der Waals surface area contributed by atoms with Gasteiger partial charge in [0.1, 0.15) is 14.0 Å². The third-order valence-corrected chi connectivity index (χ3v) is 7.37. The van der Waals surface area contributed by atoms with E-state index in [1.54, 1.807) is 18.4 Å². The molecule has 0 radical (unpaired) electrons. The van der Waals surface area contributed by atoms with E-state index in [1.807, 2.05) is 54.8 Å². The summed E-state index contributed by atoms with van der Waals surface area (Å²) in [5.74, 6) is 0.557. The summed E-state index contributed by atoms with van der Waals surface area (Å²) in [6, 6.07) is 11.9. The standard InChI is InChI=1S/C21H29NO3SSi/c1-7-15-21(20(23)25-8-2,19-10-9-16-26-19)22(27(4,5)6)17-11-13-18(24-3)14-12-17/h7,9-14,16H,1,8,15H2,2-6H3. The van der Waals surface area contributed by atoms with E-state index in [-0.39, 0.29) is 5.97 Å². The van der Waals surface area contributed by atoms with Crippen molar-refractivity contribution in [2.24, 2.45) is 0 Å². The SMILES string of the molecule is C=CCC(C(=O)OCC)(c1cccs1)N(c1ccc(OC)cc1)[Si](C)(C)C. The van der Waals surface area contributed by atoms with E-state index in [4.69, 9.17) is 9.47 Å². The second kappa shape index (κ2) is 8.76. The molecule has 0 spiro atoms. The third kappa shape index (κ3) is 4.27. The normalized spacial score (nSPS) is 13.5. The summed E-state index contributed by atoms with van der Waals surface area (Å²) in [5, 5.41) is 2.00. The quantitative estimate of drug-likeness (QED) is 0.318. The largest absolute Gasteiger partial charge is 0.497 e. The average Bonchev–Trinajstić information content (AvgIpc) is 3.16. The van der Waals surface area contributed by atoms with Gasteiger partial charge in [0.05, 0.1) is 13.7 Å². The van der Waals surface area contributed by atoms with E-state index in [1.165, 1.54) is 0 Å². The Morgan fingerprint density at radius 2 is 1.93 bits per heavy atom. The molecular formula is C21H29NO3SSi. The van der Waals surface area contributed by atoms with Gasteiger partial charge in [-0.3, -0.25) is 0 Å². The van der Waals surface area contributed by atoms with Gasteiger partial charge in [-0.15, -0.1) is 17.9 Å². The first-order valence-corrected chi connectivity index (χ1v) is 13.4. The molecule has 0 fully saturated rings. The van der Waals surface area contributed by atoms with Crippen molar-refractivity contribution < 1.29 is 14.3 Å². The fourth-order valence-electron chi connectivity index (χ4n) is 3.46. The molecule has 1 aromatic heterocycles. The van der Waals surface area contributed by atoms with Crippen LogP contribution < -0.4 is 9.30 Å². The number of hydrogen-bond donors (Lipinski definition) is 0. The number of anilines is 1. The second-order valence-electron chi connectivity index (χ2n) is 7.26. The van der Waals surface area contributed by atoms with Gasteiger partial charge in [-0.25, -0.2) is 4.79 Å². The van der Waals surface area contributed by atoms with Gasteiger partial charge in [0, 0.05) is 17.0 Å². The molecule has 0 N–H and O–H groups in total. The highest BCUT2D eigenvalue weighted by Gasteiger charge is 2.51. The van der Waals surface area contributed by atoms with Crippen LogP contribution in [0.5, 0.6) is 5.75 Å². The Hall–Kier alpha value is -2.05. The van der Waals surface area contributed by atoms with E-state index in [2.05, 4.69) is 30.8 Å². The predicted molar refractivity (Wildman–Crippen MR) is 116 cm³/mol. The predicted octanol–water partition coefficient (Wildman–Crippen LogP) is 5.43. The van der Waals surface area contributed by atoms with Crippen LogP contribution in [-0.2, 0) is 15.1 Å². The summed E-state index contributed by atoms with van der Waals surface area (Å²) in [6.45, 7) is 12.8. The van der Waals surface area contributed by atoms with Crippen molar-refractivity contribution in [3.63, 3.8) is 0 Å². The van der Waals surface area contributed by atoms with Crippen LogP contribution in [0.1, 0.15) is 18.2 Å². The molecule has 0 saturated carbocycles. The number of hydrogen-bond acceptors (Lipinski definition) is 5. The van der Waals surface area contributed by atoms with Crippen LogP contribution in [0, 0.1) is 0 Å². The molecule has 0 aliphatic carbocycles. The Bertz CT molecular complexity index is 753. The first kappa shape index (κ1) is 21.2. The van der Waals surface area contributed by atoms with Gasteiger partial charge in [-0.05, 0) is 42.6 Å². The van der Waals surface area contributed by atoms with Crippen molar-refractivity contribution >= 4 is 31.2 Å². The minimum Gasteiger partial charge on any atom is -0.497 e. The van der Waals surface area contributed by atoms with Gasteiger partial charge in [0.15, 0.2) is 5.54 Å². The third-order valence-electron chi connectivity index (χ3n) is 4.36. The lowest BCUT2D eigenvalue weighted by molar-refractivity contribution is -0.149. The van der Waals surface area contributed by atoms with Gasteiger partial charge in [-0.1, -0.05) is 31.8 Å². The van der Waals surface area contributed by atoms with Crippen LogP contribution in [-0.4, -0.2) is 27.9 Å². The smallest absolute Gasteiger partial charge is 0.337 e. The molecule has 27 heavy (non-hydrogen) atoms. The van der Waals surface area contributed by atoms with Crippen LogP contribution in [0.15, 0.2) is 54.4 Å². The molecule has 2 aromatic rings. The number of benzene rings is 1. The molecule has 2 rings (SSSR count). The summed E-state index contributed by atoms with van der Waals surface area (Å²) in [6.07, 6.45) is 2.29. The minimum atomic E-state index is -2.03. The topological polar surface area (TPSA) is 38.8 Å². The van der Waals surface area contributed by atoms with Gasteiger partial charge in [-0.2, -0.15) is 0 Å². The van der Waals surface area contributed by atoms with Crippen LogP contribution in [0.2, 0.25) is 19.6 Å². The minimum absolute atomic E-state index is 0.231. The lowest BCUT2D eigenvalue weighted by atomic mass is 9.92. The van der Waals surface area contributed by atoms with E-state index >= 15 is 0 Å². The molecule has 1 unspecified atom stereocenters. The van der Waals surface area contributed by atoms with Gasteiger partial charge < -0.3 is 14.0 Å². The number of ether oxygens (including phenoxy) is 2. The molecule has 0 amide bonds. The molecule has 1 aromatic carbocycles. The van der Waals surface area contributed by atoms with Crippen molar-refractivity contribution in [1.82, 2.24) is 0 Å². The molecule has 0 bridgehead atoms. The molecule has 146 valence electrons. The number of nitrogens with zero attached hydrogens (tertiary/aromatic N) is 1. The number of rotatable bonds is 9. The van der Waals surface area contributed by atoms with Crippen LogP contribution in [0.25, 0.3) is 0 Å². The number of carbonyl (C=O) groups is 1. The van der Waals surface area contributed by atoms with Gasteiger partial charge in [0.25, 0.3) is 0 Å². The number of methoxy groups -OCH3 is 1. The maximum absolute atomic E-state index is 13.4. The maximum Gasteiger partial charge on any atom is 0.337 e. The first-order chi connectivity index (χ1) is 12.8. The number of thiophene rings is 1. The fourth-order valence-corrected chi connectivity index (χ4v) is 6.83. The van der Waals surface area contributed by atoms with Crippen LogP contribution in [0.4, 0.5) is 5.69 Å². The van der Waals surface area contributed by atoms with E-state index in [0.717, 1.165) is 16.3 Å². The Morgan fingerprint density at radius 3 is 2.37 bits per heavy atom. The first-order valence-electron chi connectivity index (χ1n) is 9.07. The monoisotopic (exact) mass is 403 g/mol. The van der Waals surface area contributed by atoms with Crippen molar-refractivity contribution in [3.05, 3.63) is 59.3 Å². The summed E-state index contributed by atoms with van der Waals surface area (Å²) in [7, 11) is -0.375.